The van der Waals surface area contributed by atoms with Crippen molar-refractivity contribution in [2.75, 3.05) is 6.54 Å². The van der Waals surface area contributed by atoms with Gasteiger partial charge in [-0.3, -0.25) is 0 Å². The van der Waals surface area contributed by atoms with Gasteiger partial charge < -0.3 is 9.88 Å². The molecule has 2 nitrogen and oxygen atoms in total. The molecule has 0 bridgehead atoms. The number of nitrogens with zero attached hydrogens (tertiary/aromatic N) is 1. The van der Waals surface area contributed by atoms with E-state index in [1.807, 2.05) is 29.8 Å². The molecule has 1 aromatic rings. The molecule has 0 amide bonds. The Hall–Kier alpha value is -0.900. The topological polar surface area (TPSA) is 17.0 Å². The summed E-state index contributed by atoms with van der Waals surface area (Å²) in [5, 5.41) is 2.69. The standard InChI is InChI=1S/C9H14F2N2/c1-2-13-5-3-4-8(13)6-12-7-9(10)11/h3-5,9,12H,2,6-7H2,1H3. The van der Waals surface area contributed by atoms with Crippen LogP contribution in [0.25, 0.3) is 0 Å². The zero-order valence-corrected chi connectivity index (χ0v) is 7.63. The lowest BCUT2D eigenvalue weighted by Crippen LogP contribution is -2.22. The SMILES string of the molecule is CCn1cccc1CNCC(F)F. The number of nitrogens with one attached hydrogen (secondary N) is 1. The van der Waals surface area contributed by atoms with Gasteiger partial charge in [0, 0.05) is 25.0 Å². The minimum atomic E-state index is -2.27. The molecule has 0 unspecified atom stereocenters. The van der Waals surface area contributed by atoms with Gasteiger partial charge in [0.1, 0.15) is 0 Å². The smallest absolute Gasteiger partial charge is 0.250 e. The Kier molecular flexibility index (Phi) is 3.89. The molecule has 0 saturated heterocycles. The molecule has 0 aromatic carbocycles. The maximum absolute atomic E-state index is 11.8. The largest absolute Gasteiger partial charge is 0.351 e. The molecule has 0 radical (unpaired) electrons. The van der Waals surface area contributed by atoms with E-state index >= 15 is 0 Å². The highest BCUT2D eigenvalue weighted by atomic mass is 19.3. The Balaban J connectivity index is 2.36. The number of aryl methyl sites for hydroxylation is 1. The molecule has 1 heterocycles. The predicted octanol–water partition coefficient (Wildman–Crippen LogP) is 1.86. The van der Waals surface area contributed by atoms with Gasteiger partial charge in [0.25, 0.3) is 6.43 Å². The third-order valence-electron chi connectivity index (χ3n) is 1.87. The number of rotatable bonds is 5. The zero-order chi connectivity index (χ0) is 9.68. The Morgan fingerprint density at radius 2 is 2.31 bits per heavy atom. The van der Waals surface area contributed by atoms with Crippen LogP contribution in [0.3, 0.4) is 0 Å². The van der Waals surface area contributed by atoms with E-state index in [0.29, 0.717) is 6.54 Å². The van der Waals surface area contributed by atoms with Gasteiger partial charge in [0.05, 0.1) is 6.54 Å². The number of hydrogen-bond acceptors (Lipinski definition) is 1. The average Bonchev–Trinajstić information content (AvgIpc) is 2.51. The molecule has 4 heteroatoms. The van der Waals surface area contributed by atoms with Crippen LogP contribution in [0.1, 0.15) is 12.6 Å². The van der Waals surface area contributed by atoms with Crippen LogP contribution < -0.4 is 5.32 Å². The molecule has 0 aliphatic carbocycles. The molecule has 1 rings (SSSR count). The summed E-state index contributed by atoms with van der Waals surface area (Å²) in [6.45, 7) is 3.16. The molecule has 0 aliphatic rings. The fraction of sp³-hybridized carbons (Fsp3) is 0.556. The van der Waals surface area contributed by atoms with Gasteiger partial charge in [-0.25, -0.2) is 8.78 Å². The van der Waals surface area contributed by atoms with E-state index in [1.165, 1.54) is 0 Å². The van der Waals surface area contributed by atoms with Crippen molar-refractivity contribution in [1.29, 1.82) is 0 Å². The lowest BCUT2D eigenvalue weighted by Gasteiger charge is -2.07. The Morgan fingerprint density at radius 3 is 2.92 bits per heavy atom. The number of alkyl halides is 2. The predicted molar refractivity (Wildman–Crippen MR) is 47.8 cm³/mol. The van der Waals surface area contributed by atoms with Crippen LogP contribution in [-0.4, -0.2) is 17.5 Å². The van der Waals surface area contributed by atoms with Gasteiger partial charge >= 0.3 is 0 Å². The van der Waals surface area contributed by atoms with Crippen molar-refractivity contribution in [2.45, 2.75) is 26.4 Å². The molecular weight excluding hydrogens is 174 g/mol. The van der Waals surface area contributed by atoms with Crippen LogP contribution in [0.2, 0.25) is 0 Å². The van der Waals surface area contributed by atoms with Crippen molar-refractivity contribution < 1.29 is 8.78 Å². The third-order valence-corrected chi connectivity index (χ3v) is 1.87. The van der Waals surface area contributed by atoms with Crippen molar-refractivity contribution in [1.82, 2.24) is 9.88 Å². The molecule has 74 valence electrons. The molecule has 0 spiro atoms. The second-order valence-corrected chi connectivity index (χ2v) is 2.81. The lowest BCUT2D eigenvalue weighted by atomic mass is 10.4. The van der Waals surface area contributed by atoms with Crippen LogP contribution in [-0.2, 0) is 13.1 Å². The second kappa shape index (κ2) is 4.97. The summed E-state index contributed by atoms with van der Waals surface area (Å²) in [6.07, 6.45) is -0.329. The highest BCUT2D eigenvalue weighted by molar-refractivity contribution is 5.06. The first-order valence-corrected chi connectivity index (χ1v) is 4.37. The van der Waals surface area contributed by atoms with Gasteiger partial charge in [-0.2, -0.15) is 0 Å². The van der Waals surface area contributed by atoms with E-state index in [-0.39, 0.29) is 6.54 Å². The minimum Gasteiger partial charge on any atom is -0.351 e. The van der Waals surface area contributed by atoms with E-state index in [2.05, 4.69) is 5.32 Å². The minimum absolute atomic E-state index is 0.241. The molecule has 13 heavy (non-hydrogen) atoms. The maximum Gasteiger partial charge on any atom is 0.250 e. The third kappa shape index (κ3) is 3.14. The highest BCUT2D eigenvalue weighted by Gasteiger charge is 2.02. The lowest BCUT2D eigenvalue weighted by molar-refractivity contribution is 0.145. The van der Waals surface area contributed by atoms with Crippen molar-refractivity contribution in [3.8, 4) is 0 Å². The summed E-state index contributed by atoms with van der Waals surface area (Å²) in [4.78, 5) is 0. The quantitative estimate of drug-likeness (QED) is 0.746. The molecular formula is C9H14F2N2. The second-order valence-electron chi connectivity index (χ2n) is 2.81. The highest BCUT2D eigenvalue weighted by Crippen LogP contribution is 2.01. The normalized spacial score (nSPS) is 11.1. The molecule has 0 aliphatic heterocycles. The van der Waals surface area contributed by atoms with Crippen LogP contribution in [0.5, 0.6) is 0 Å². The van der Waals surface area contributed by atoms with Gasteiger partial charge in [-0.15, -0.1) is 0 Å². The number of hydrogen-bond donors (Lipinski definition) is 1. The van der Waals surface area contributed by atoms with E-state index in [1.54, 1.807) is 0 Å². The van der Waals surface area contributed by atoms with Crippen LogP contribution in [0, 0.1) is 0 Å². The molecule has 1 aromatic heterocycles. The number of halogens is 2. The van der Waals surface area contributed by atoms with Crippen LogP contribution >= 0.6 is 0 Å². The summed E-state index contributed by atoms with van der Waals surface area (Å²) in [5.41, 5.74) is 1.04. The van der Waals surface area contributed by atoms with Gasteiger partial charge in [0.2, 0.25) is 0 Å². The van der Waals surface area contributed by atoms with Crippen molar-refractivity contribution in [2.24, 2.45) is 0 Å². The summed E-state index contributed by atoms with van der Waals surface area (Å²) in [5.74, 6) is 0. The fourth-order valence-electron chi connectivity index (χ4n) is 1.23. The Bertz CT molecular complexity index is 246. The summed E-state index contributed by atoms with van der Waals surface area (Å²) >= 11 is 0. The van der Waals surface area contributed by atoms with Crippen molar-refractivity contribution in [3.05, 3.63) is 24.0 Å². The van der Waals surface area contributed by atoms with Crippen LogP contribution in [0.4, 0.5) is 8.78 Å². The summed E-state index contributed by atoms with van der Waals surface area (Å²) in [7, 11) is 0. The van der Waals surface area contributed by atoms with Gasteiger partial charge in [0.15, 0.2) is 0 Å². The van der Waals surface area contributed by atoms with E-state index in [4.69, 9.17) is 0 Å². The van der Waals surface area contributed by atoms with Gasteiger partial charge in [-0.05, 0) is 19.1 Å². The maximum atomic E-state index is 11.8. The van der Waals surface area contributed by atoms with Crippen molar-refractivity contribution >= 4 is 0 Å². The van der Waals surface area contributed by atoms with Gasteiger partial charge in [-0.1, -0.05) is 0 Å². The first kappa shape index (κ1) is 10.2. The Morgan fingerprint density at radius 1 is 1.54 bits per heavy atom. The summed E-state index contributed by atoms with van der Waals surface area (Å²) in [6, 6.07) is 3.85. The van der Waals surface area contributed by atoms with Crippen molar-refractivity contribution in [3.63, 3.8) is 0 Å². The summed E-state index contributed by atoms with van der Waals surface area (Å²) < 4.78 is 25.6. The fourth-order valence-corrected chi connectivity index (χ4v) is 1.23. The van der Waals surface area contributed by atoms with E-state index in [0.717, 1.165) is 12.2 Å². The molecule has 1 N–H and O–H groups in total. The molecule has 0 saturated carbocycles. The van der Waals surface area contributed by atoms with E-state index in [9.17, 15) is 8.78 Å². The number of aromatic nitrogens is 1. The molecule has 0 fully saturated rings. The average molecular weight is 188 g/mol. The first-order chi connectivity index (χ1) is 6.24. The Labute approximate surface area is 76.6 Å². The molecule has 0 atom stereocenters. The monoisotopic (exact) mass is 188 g/mol. The first-order valence-electron chi connectivity index (χ1n) is 4.37. The van der Waals surface area contributed by atoms with E-state index < -0.39 is 6.43 Å². The zero-order valence-electron chi connectivity index (χ0n) is 7.63. The van der Waals surface area contributed by atoms with Crippen LogP contribution in [0.15, 0.2) is 18.3 Å².